The number of rotatable bonds is 7. The predicted molar refractivity (Wildman–Crippen MR) is 84.8 cm³/mol. The Morgan fingerprint density at radius 2 is 2.00 bits per heavy atom. The molecule has 3 nitrogen and oxygen atoms in total. The summed E-state index contributed by atoms with van der Waals surface area (Å²) in [7, 11) is 0. The number of hydrogen-bond donors (Lipinski definition) is 2. The first-order chi connectivity index (χ1) is 10.2. The van der Waals surface area contributed by atoms with Gasteiger partial charge in [-0.1, -0.05) is 18.2 Å². The summed E-state index contributed by atoms with van der Waals surface area (Å²) in [6, 6.07) is 14.4. The fourth-order valence-electron chi connectivity index (χ4n) is 1.94. The lowest BCUT2D eigenvalue weighted by molar-refractivity contribution is 0.340. The van der Waals surface area contributed by atoms with Gasteiger partial charge in [0.15, 0.2) is 0 Å². The van der Waals surface area contributed by atoms with Gasteiger partial charge >= 0.3 is 0 Å². The van der Waals surface area contributed by atoms with Crippen molar-refractivity contribution < 1.29 is 9.13 Å². The van der Waals surface area contributed by atoms with Crippen molar-refractivity contribution in [3.8, 4) is 5.75 Å². The van der Waals surface area contributed by atoms with Gasteiger partial charge in [-0.25, -0.2) is 4.39 Å². The second kappa shape index (κ2) is 8.02. The molecule has 0 aliphatic heterocycles. The molecule has 0 aliphatic carbocycles. The number of ether oxygens (including phenoxy) is 1. The Morgan fingerprint density at radius 1 is 1.24 bits per heavy atom. The lowest BCUT2D eigenvalue weighted by Crippen LogP contribution is -2.29. The number of hydrogen-bond acceptors (Lipinski definition) is 4. The van der Waals surface area contributed by atoms with Crippen molar-refractivity contribution in [3.63, 3.8) is 0 Å². The van der Waals surface area contributed by atoms with Crippen molar-refractivity contribution in [1.82, 2.24) is 5.43 Å². The predicted octanol–water partition coefficient (Wildman–Crippen LogP) is 3.52. The van der Waals surface area contributed by atoms with Crippen LogP contribution in [0.1, 0.15) is 18.5 Å². The lowest BCUT2D eigenvalue weighted by Gasteiger charge is -2.16. The number of hydrazine groups is 1. The summed E-state index contributed by atoms with van der Waals surface area (Å²) in [5, 5.41) is 0. The molecule has 21 heavy (non-hydrogen) atoms. The minimum Gasteiger partial charge on any atom is -0.494 e. The highest BCUT2D eigenvalue weighted by Gasteiger charge is 2.10. The molecule has 2 aromatic carbocycles. The molecule has 2 aromatic rings. The summed E-state index contributed by atoms with van der Waals surface area (Å²) in [5.41, 5.74) is 3.87. The SMILES string of the molecule is CCOc1ccc(C(CSc2cccc(F)c2)NN)cc1. The van der Waals surface area contributed by atoms with Gasteiger partial charge < -0.3 is 4.74 Å². The summed E-state index contributed by atoms with van der Waals surface area (Å²) in [6.07, 6.45) is 0. The Morgan fingerprint density at radius 3 is 2.62 bits per heavy atom. The number of benzene rings is 2. The van der Waals surface area contributed by atoms with Gasteiger partial charge in [0, 0.05) is 10.6 Å². The summed E-state index contributed by atoms with van der Waals surface area (Å²) < 4.78 is 18.6. The van der Waals surface area contributed by atoms with Crippen LogP contribution in [0.3, 0.4) is 0 Å². The molecule has 0 amide bonds. The van der Waals surface area contributed by atoms with E-state index in [-0.39, 0.29) is 11.9 Å². The molecule has 1 atom stereocenters. The second-order valence-electron chi connectivity index (χ2n) is 4.49. The van der Waals surface area contributed by atoms with Gasteiger partial charge in [-0.15, -0.1) is 11.8 Å². The van der Waals surface area contributed by atoms with Crippen LogP contribution in [0.4, 0.5) is 4.39 Å². The molecule has 0 aromatic heterocycles. The van der Waals surface area contributed by atoms with E-state index in [1.54, 1.807) is 17.8 Å². The molecule has 2 rings (SSSR count). The molecule has 0 spiro atoms. The first-order valence-electron chi connectivity index (χ1n) is 6.80. The molecule has 3 N–H and O–H groups in total. The molecule has 0 bridgehead atoms. The van der Waals surface area contributed by atoms with E-state index >= 15 is 0 Å². The van der Waals surface area contributed by atoms with E-state index in [2.05, 4.69) is 5.43 Å². The third-order valence-electron chi connectivity index (χ3n) is 3.01. The molecule has 0 radical (unpaired) electrons. The molecule has 0 heterocycles. The molecular formula is C16H19FN2OS. The Kier molecular flexibility index (Phi) is 6.04. The second-order valence-corrected chi connectivity index (χ2v) is 5.58. The molecule has 0 saturated carbocycles. The van der Waals surface area contributed by atoms with Crippen LogP contribution in [-0.4, -0.2) is 12.4 Å². The van der Waals surface area contributed by atoms with E-state index in [0.717, 1.165) is 16.2 Å². The smallest absolute Gasteiger partial charge is 0.124 e. The van der Waals surface area contributed by atoms with Gasteiger partial charge in [0.25, 0.3) is 0 Å². The van der Waals surface area contributed by atoms with Crippen LogP contribution in [0, 0.1) is 5.82 Å². The van der Waals surface area contributed by atoms with Gasteiger partial charge in [0.2, 0.25) is 0 Å². The maximum Gasteiger partial charge on any atom is 0.124 e. The van der Waals surface area contributed by atoms with Crippen molar-refractivity contribution in [2.75, 3.05) is 12.4 Å². The maximum absolute atomic E-state index is 13.1. The molecular weight excluding hydrogens is 287 g/mol. The van der Waals surface area contributed by atoms with Crippen molar-refractivity contribution in [2.24, 2.45) is 5.84 Å². The van der Waals surface area contributed by atoms with Crippen molar-refractivity contribution in [2.45, 2.75) is 17.9 Å². The number of thioether (sulfide) groups is 1. The zero-order valence-electron chi connectivity index (χ0n) is 11.9. The van der Waals surface area contributed by atoms with Gasteiger partial charge in [-0.05, 0) is 42.8 Å². The van der Waals surface area contributed by atoms with Crippen LogP contribution in [0.2, 0.25) is 0 Å². The highest BCUT2D eigenvalue weighted by atomic mass is 32.2. The van der Waals surface area contributed by atoms with Crippen molar-refractivity contribution in [1.29, 1.82) is 0 Å². The monoisotopic (exact) mass is 306 g/mol. The zero-order valence-corrected chi connectivity index (χ0v) is 12.7. The number of nitrogens with one attached hydrogen (secondary N) is 1. The highest BCUT2D eigenvalue weighted by Crippen LogP contribution is 2.26. The fraction of sp³-hybridized carbons (Fsp3) is 0.250. The molecule has 0 aliphatic rings. The van der Waals surface area contributed by atoms with E-state index in [9.17, 15) is 4.39 Å². The van der Waals surface area contributed by atoms with Gasteiger partial charge in [-0.3, -0.25) is 11.3 Å². The Hall–Kier alpha value is -1.56. The average molecular weight is 306 g/mol. The normalized spacial score (nSPS) is 12.1. The van der Waals surface area contributed by atoms with Crippen molar-refractivity contribution >= 4 is 11.8 Å². The van der Waals surface area contributed by atoms with E-state index < -0.39 is 0 Å². The quantitative estimate of drug-likeness (QED) is 0.467. The average Bonchev–Trinajstić information content (AvgIpc) is 2.50. The van der Waals surface area contributed by atoms with Crippen LogP contribution >= 0.6 is 11.8 Å². The topological polar surface area (TPSA) is 47.3 Å². The summed E-state index contributed by atoms with van der Waals surface area (Å²) >= 11 is 1.56. The standard InChI is InChI=1S/C16H19FN2OS/c1-2-20-14-8-6-12(7-9-14)16(19-18)11-21-15-5-3-4-13(17)10-15/h3-10,16,19H,2,11,18H2,1H3. The Bertz CT molecular complexity index is 562. The van der Waals surface area contributed by atoms with E-state index in [1.807, 2.05) is 37.3 Å². The molecule has 5 heteroatoms. The third-order valence-corrected chi connectivity index (χ3v) is 4.09. The van der Waals surface area contributed by atoms with Crippen LogP contribution < -0.4 is 16.0 Å². The molecule has 1 unspecified atom stereocenters. The van der Waals surface area contributed by atoms with Crippen LogP contribution in [-0.2, 0) is 0 Å². The van der Waals surface area contributed by atoms with Crippen LogP contribution in [0.5, 0.6) is 5.75 Å². The van der Waals surface area contributed by atoms with Crippen LogP contribution in [0.25, 0.3) is 0 Å². The maximum atomic E-state index is 13.1. The van der Waals surface area contributed by atoms with Crippen LogP contribution in [0.15, 0.2) is 53.4 Å². The summed E-state index contributed by atoms with van der Waals surface area (Å²) in [5.74, 6) is 6.96. The molecule has 112 valence electrons. The summed E-state index contributed by atoms with van der Waals surface area (Å²) in [6.45, 7) is 2.60. The molecule has 0 fully saturated rings. The lowest BCUT2D eigenvalue weighted by atomic mass is 10.1. The van der Waals surface area contributed by atoms with E-state index in [0.29, 0.717) is 12.4 Å². The highest BCUT2D eigenvalue weighted by molar-refractivity contribution is 7.99. The third kappa shape index (κ3) is 4.74. The minimum atomic E-state index is -0.224. The first kappa shape index (κ1) is 15.8. The minimum absolute atomic E-state index is 0.00561. The number of halogens is 1. The van der Waals surface area contributed by atoms with Crippen molar-refractivity contribution in [3.05, 3.63) is 59.9 Å². The largest absolute Gasteiger partial charge is 0.494 e. The van der Waals surface area contributed by atoms with Gasteiger partial charge in [-0.2, -0.15) is 0 Å². The Balaban J connectivity index is 1.99. The molecule has 0 saturated heterocycles. The zero-order chi connectivity index (χ0) is 15.1. The van der Waals surface area contributed by atoms with E-state index in [1.165, 1.54) is 12.1 Å². The fourth-order valence-corrected chi connectivity index (χ4v) is 2.96. The Labute approximate surface area is 128 Å². The first-order valence-corrected chi connectivity index (χ1v) is 7.78. The van der Waals surface area contributed by atoms with Gasteiger partial charge in [0.1, 0.15) is 11.6 Å². The van der Waals surface area contributed by atoms with Gasteiger partial charge in [0.05, 0.1) is 12.6 Å². The number of nitrogens with two attached hydrogens (primary N) is 1. The van der Waals surface area contributed by atoms with E-state index in [4.69, 9.17) is 10.6 Å². The summed E-state index contributed by atoms with van der Waals surface area (Å²) in [4.78, 5) is 0.890.